The Balaban J connectivity index is 1.37. The number of hydrogen-bond donors (Lipinski definition) is 1. The maximum absolute atomic E-state index is 11.3. The summed E-state index contributed by atoms with van der Waals surface area (Å²) in [6, 6.07) is 16.2. The maximum atomic E-state index is 11.3. The van der Waals surface area contributed by atoms with Crippen LogP contribution >= 0.6 is 11.3 Å². The minimum atomic E-state index is -0.927. The second-order valence-electron chi connectivity index (χ2n) is 8.75. The number of piperidine rings is 3. The van der Waals surface area contributed by atoms with Gasteiger partial charge in [-0.15, -0.1) is 11.3 Å². The lowest BCUT2D eigenvalue weighted by Crippen LogP contribution is -2.58. The van der Waals surface area contributed by atoms with Crippen molar-refractivity contribution in [3.63, 3.8) is 0 Å². The Kier molecular flexibility index (Phi) is 4.91. The summed E-state index contributed by atoms with van der Waals surface area (Å²) in [6.07, 6.45) is 2.75. The van der Waals surface area contributed by atoms with E-state index in [-0.39, 0.29) is 12.7 Å². The summed E-state index contributed by atoms with van der Waals surface area (Å²) in [6.45, 7) is 3.04. The molecular weight excluding hydrogens is 420 g/mol. The van der Waals surface area contributed by atoms with Gasteiger partial charge in [0.05, 0.1) is 5.69 Å². The molecule has 0 saturated carbocycles. The van der Waals surface area contributed by atoms with Gasteiger partial charge in [0.25, 0.3) is 0 Å². The highest BCUT2D eigenvalue weighted by atomic mass is 32.1. The van der Waals surface area contributed by atoms with Crippen LogP contribution in [0.25, 0.3) is 10.6 Å². The van der Waals surface area contributed by atoms with Gasteiger partial charge in [-0.05, 0) is 49.7 Å². The van der Waals surface area contributed by atoms with E-state index in [9.17, 15) is 5.11 Å². The normalized spacial score (nSPS) is 25.4. The van der Waals surface area contributed by atoms with Gasteiger partial charge >= 0.3 is 0 Å². The molecule has 1 unspecified atom stereocenters. The molecule has 3 saturated heterocycles. The number of rotatable bonds is 3. The molecule has 1 aromatic heterocycles. The fourth-order valence-corrected chi connectivity index (χ4v) is 5.79. The quantitative estimate of drug-likeness (QED) is 0.621. The largest absolute Gasteiger partial charge is 0.454 e. The molecular formula is C26H24N2O3S. The van der Waals surface area contributed by atoms with E-state index in [1.54, 1.807) is 11.3 Å². The molecule has 6 heteroatoms. The topological polar surface area (TPSA) is 54.8 Å². The molecule has 0 aliphatic carbocycles. The van der Waals surface area contributed by atoms with Crippen LogP contribution in [0, 0.1) is 17.8 Å². The summed E-state index contributed by atoms with van der Waals surface area (Å²) in [5, 5.41) is 12.2. The number of aliphatic hydroxyl groups is 1. The third kappa shape index (κ3) is 3.67. The molecule has 162 valence electrons. The Hall–Kier alpha value is -2.85. The van der Waals surface area contributed by atoms with Crippen molar-refractivity contribution < 1.29 is 14.6 Å². The van der Waals surface area contributed by atoms with Crippen LogP contribution in [0.5, 0.6) is 11.5 Å². The Bertz CT molecular complexity index is 1200. The molecule has 4 aliphatic rings. The molecule has 32 heavy (non-hydrogen) atoms. The highest BCUT2D eigenvalue weighted by molar-refractivity contribution is 7.15. The van der Waals surface area contributed by atoms with E-state index in [4.69, 9.17) is 14.5 Å². The highest BCUT2D eigenvalue weighted by Crippen LogP contribution is 2.38. The molecule has 1 atom stereocenters. The number of hydrogen-bond acceptors (Lipinski definition) is 6. The Morgan fingerprint density at radius 1 is 1.09 bits per heavy atom. The average molecular weight is 445 g/mol. The lowest BCUT2D eigenvalue weighted by atomic mass is 9.76. The van der Waals surface area contributed by atoms with Crippen molar-refractivity contribution in [3.05, 3.63) is 64.7 Å². The molecule has 5 nitrogen and oxygen atoms in total. The smallest absolute Gasteiger partial charge is 0.231 e. The molecule has 7 rings (SSSR count). The number of aromatic nitrogens is 1. The molecule has 1 N–H and O–H groups in total. The minimum Gasteiger partial charge on any atom is -0.454 e. The van der Waals surface area contributed by atoms with Crippen molar-refractivity contribution in [1.29, 1.82) is 0 Å². The Labute approximate surface area is 191 Å². The number of benzene rings is 2. The van der Waals surface area contributed by atoms with Crippen molar-refractivity contribution >= 4 is 11.3 Å². The summed E-state index contributed by atoms with van der Waals surface area (Å²) in [7, 11) is 0. The molecule has 3 aromatic rings. The molecule has 2 bridgehead atoms. The van der Waals surface area contributed by atoms with Gasteiger partial charge in [-0.2, -0.15) is 0 Å². The standard InChI is InChI=1S/C26H24N2O3S/c29-26(16-28-12-9-20(26)10-13-28)11-8-24-21(14-18-4-2-1-3-5-18)27-25(32-24)19-6-7-22-23(15-19)31-17-30-22/h1-7,15,20,29H,9-10,12-14,16-17H2. The van der Waals surface area contributed by atoms with Crippen molar-refractivity contribution in [2.45, 2.75) is 24.9 Å². The van der Waals surface area contributed by atoms with Crippen LogP contribution in [-0.4, -0.2) is 47.0 Å². The van der Waals surface area contributed by atoms with Gasteiger partial charge in [0.2, 0.25) is 6.79 Å². The summed E-state index contributed by atoms with van der Waals surface area (Å²) in [5.41, 5.74) is 2.21. The van der Waals surface area contributed by atoms with E-state index >= 15 is 0 Å². The van der Waals surface area contributed by atoms with Crippen molar-refractivity contribution in [2.75, 3.05) is 26.4 Å². The second kappa shape index (κ2) is 7.93. The van der Waals surface area contributed by atoms with Crippen molar-refractivity contribution in [2.24, 2.45) is 5.92 Å². The molecule has 0 amide bonds. The Morgan fingerprint density at radius 3 is 2.69 bits per heavy atom. The van der Waals surface area contributed by atoms with Gasteiger partial charge < -0.3 is 14.6 Å². The lowest BCUT2D eigenvalue weighted by Gasteiger charge is -2.47. The first kappa shape index (κ1) is 19.8. The summed E-state index contributed by atoms with van der Waals surface area (Å²) >= 11 is 1.58. The number of thiazole rings is 1. The second-order valence-corrected chi connectivity index (χ2v) is 9.75. The predicted octanol–water partition coefficient (Wildman–Crippen LogP) is 3.94. The van der Waals surface area contributed by atoms with Gasteiger partial charge in [-0.1, -0.05) is 42.2 Å². The fraction of sp³-hybridized carbons (Fsp3) is 0.346. The van der Waals surface area contributed by atoms with Crippen molar-refractivity contribution in [1.82, 2.24) is 9.88 Å². The molecule has 3 fully saturated rings. The van der Waals surface area contributed by atoms with Crippen LogP contribution < -0.4 is 9.47 Å². The highest BCUT2D eigenvalue weighted by Gasteiger charge is 2.44. The van der Waals surface area contributed by atoms with E-state index < -0.39 is 5.60 Å². The molecule has 0 radical (unpaired) electrons. The third-order valence-corrected chi connectivity index (χ3v) is 7.71. The molecule has 5 heterocycles. The van der Waals surface area contributed by atoms with Crippen LogP contribution in [0.4, 0.5) is 0 Å². The van der Waals surface area contributed by atoms with Gasteiger partial charge in [-0.3, -0.25) is 4.90 Å². The summed E-state index contributed by atoms with van der Waals surface area (Å²) in [4.78, 5) is 8.21. The maximum Gasteiger partial charge on any atom is 0.231 e. The zero-order valence-corrected chi connectivity index (χ0v) is 18.5. The monoisotopic (exact) mass is 444 g/mol. The first-order valence-electron chi connectivity index (χ1n) is 11.1. The fourth-order valence-electron chi connectivity index (χ4n) is 4.86. The van der Waals surface area contributed by atoms with Crippen molar-refractivity contribution in [3.8, 4) is 33.9 Å². The zero-order chi connectivity index (χ0) is 21.5. The SMILES string of the molecule is OC1(C#Cc2sc(-c3ccc4c(c3)OCO4)nc2Cc2ccccc2)CN2CCC1CC2. The molecule has 2 aromatic carbocycles. The van der Waals surface area contributed by atoms with Gasteiger partial charge in [0.1, 0.15) is 15.5 Å². The van der Waals surface area contributed by atoms with E-state index in [1.165, 1.54) is 5.56 Å². The number of nitrogens with zero attached hydrogens (tertiary/aromatic N) is 2. The predicted molar refractivity (Wildman–Crippen MR) is 124 cm³/mol. The van der Waals surface area contributed by atoms with E-state index in [1.807, 2.05) is 36.4 Å². The van der Waals surface area contributed by atoms with E-state index in [2.05, 4.69) is 28.9 Å². The third-order valence-electron chi connectivity index (χ3n) is 6.65. The van der Waals surface area contributed by atoms with E-state index in [0.717, 1.165) is 58.6 Å². The van der Waals surface area contributed by atoms with Crippen LogP contribution in [0.3, 0.4) is 0 Å². The van der Waals surface area contributed by atoms with Gasteiger partial charge in [0, 0.05) is 24.4 Å². The van der Waals surface area contributed by atoms with Gasteiger partial charge in [0.15, 0.2) is 11.5 Å². The summed E-state index contributed by atoms with van der Waals surface area (Å²) in [5.74, 6) is 8.39. The Morgan fingerprint density at radius 2 is 1.91 bits per heavy atom. The average Bonchev–Trinajstić information content (AvgIpc) is 3.45. The van der Waals surface area contributed by atoms with E-state index in [0.29, 0.717) is 13.0 Å². The summed E-state index contributed by atoms with van der Waals surface area (Å²) < 4.78 is 11.0. The molecule has 4 aliphatic heterocycles. The minimum absolute atomic E-state index is 0.253. The van der Waals surface area contributed by atoms with Crippen LogP contribution in [-0.2, 0) is 6.42 Å². The lowest BCUT2D eigenvalue weighted by molar-refractivity contribution is -0.0713. The first-order chi connectivity index (χ1) is 15.7. The zero-order valence-electron chi connectivity index (χ0n) is 17.7. The molecule has 0 spiro atoms. The first-order valence-corrected chi connectivity index (χ1v) is 11.9. The van der Waals surface area contributed by atoms with Crippen LogP contribution in [0.15, 0.2) is 48.5 Å². The van der Waals surface area contributed by atoms with Crippen LogP contribution in [0.2, 0.25) is 0 Å². The van der Waals surface area contributed by atoms with Gasteiger partial charge in [-0.25, -0.2) is 4.98 Å². The van der Waals surface area contributed by atoms with Crippen LogP contribution in [0.1, 0.15) is 29.0 Å². The number of ether oxygens (including phenoxy) is 2. The number of fused-ring (bicyclic) bond motifs is 4.